The van der Waals surface area contributed by atoms with E-state index in [0.717, 1.165) is 36.6 Å². The van der Waals surface area contributed by atoms with Gasteiger partial charge < -0.3 is 19.7 Å². The molecule has 1 aromatic rings. The fourth-order valence-electron chi connectivity index (χ4n) is 2.51. The van der Waals surface area contributed by atoms with E-state index in [4.69, 9.17) is 9.47 Å². The molecule has 1 aromatic carbocycles. The van der Waals surface area contributed by atoms with E-state index >= 15 is 0 Å². The van der Waals surface area contributed by atoms with Crippen molar-refractivity contribution in [1.82, 2.24) is 10.2 Å². The van der Waals surface area contributed by atoms with Gasteiger partial charge in [0.15, 0.2) is 6.10 Å². The van der Waals surface area contributed by atoms with E-state index in [-0.39, 0.29) is 12.0 Å². The molecular formula is C16H22N2O3. The topological polar surface area (TPSA) is 50.8 Å². The first-order chi connectivity index (χ1) is 10.2. The summed E-state index contributed by atoms with van der Waals surface area (Å²) >= 11 is 0. The van der Waals surface area contributed by atoms with Crippen molar-refractivity contribution in [2.75, 3.05) is 20.7 Å². The van der Waals surface area contributed by atoms with Gasteiger partial charge in [-0.2, -0.15) is 0 Å². The Bertz CT molecular complexity index is 528. The molecule has 2 fully saturated rings. The van der Waals surface area contributed by atoms with Crippen LogP contribution in [0.25, 0.3) is 0 Å². The lowest BCUT2D eigenvalue weighted by Crippen LogP contribution is -2.30. The number of hydrogen-bond acceptors (Lipinski definition) is 4. The van der Waals surface area contributed by atoms with E-state index < -0.39 is 0 Å². The van der Waals surface area contributed by atoms with Crippen molar-refractivity contribution in [3.8, 4) is 11.5 Å². The Labute approximate surface area is 125 Å². The third-order valence-electron chi connectivity index (χ3n) is 4.08. The summed E-state index contributed by atoms with van der Waals surface area (Å²) in [6.07, 6.45) is 2.86. The van der Waals surface area contributed by atoms with Gasteiger partial charge in [0.25, 0.3) is 5.91 Å². The monoisotopic (exact) mass is 290 g/mol. The molecule has 1 unspecified atom stereocenters. The average Bonchev–Trinajstić information content (AvgIpc) is 3.28. The SMILES string of the molecule is COc1ccc(CNC2CC2)c(OC2CCN(C)C2=O)c1. The van der Waals surface area contributed by atoms with Crippen LogP contribution in [0.5, 0.6) is 11.5 Å². The number of likely N-dealkylation sites (N-methyl/N-ethyl adjacent to an activating group) is 1. The molecule has 114 valence electrons. The number of ether oxygens (including phenoxy) is 2. The van der Waals surface area contributed by atoms with Gasteiger partial charge in [-0.15, -0.1) is 0 Å². The number of rotatable bonds is 6. The highest BCUT2D eigenvalue weighted by molar-refractivity contribution is 5.83. The predicted octanol–water partition coefficient (Wildman–Crippen LogP) is 1.56. The second-order valence-corrected chi connectivity index (χ2v) is 5.78. The zero-order valence-electron chi connectivity index (χ0n) is 12.6. The smallest absolute Gasteiger partial charge is 0.263 e. The third-order valence-corrected chi connectivity index (χ3v) is 4.08. The normalized spacial score (nSPS) is 21.7. The van der Waals surface area contributed by atoms with Crippen LogP contribution in [-0.4, -0.2) is 43.7 Å². The Morgan fingerprint density at radius 1 is 1.33 bits per heavy atom. The molecule has 5 nitrogen and oxygen atoms in total. The molecule has 3 rings (SSSR count). The lowest BCUT2D eigenvalue weighted by Gasteiger charge is -2.17. The van der Waals surface area contributed by atoms with E-state index in [9.17, 15) is 4.79 Å². The summed E-state index contributed by atoms with van der Waals surface area (Å²) in [6.45, 7) is 1.52. The number of likely N-dealkylation sites (tertiary alicyclic amines) is 1. The van der Waals surface area contributed by atoms with Crippen LogP contribution in [0.1, 0.15) is 24.8 Å². The van der Waals surface area contributed by atoms with Crippen LogP contribution < -0.4 is 14.8 Å². The predicted molar refractivity (Wildman–Crippen MR) is 79.5 cm³/mol. The zero-order chi connectivity index (χ0) is 14.8. The van der Waals surface area contributed by atoms with E-state index in [1.54, 1.807) is 12.0 Å². The molecule has 1 aliphatic carbocycles. The van der Waals surface area contributed by atoms with Crippen molar-refractivity contribution < 1.29 is 14.3 Å². The number of methoxy groups -OCH3 is 1. The van der Waals surface area contributed by atoms with Gasteiger partial charge in [-0.3, -0.25) is 4.79 Å². The number of carbonyl (C=O) groups is 1. The molecule has 0 bridgehead atoms. The molecule has 1 saturated heterocycles. The van der Waals surface area contributed by atoms with Gasteiger partial charge in [0.1, 0.15) is 11.5 Å². The Morgan fingerprint density at radius 2 is 2.14 bits per heavy atom. The summed E-state index contributed by atoms with van der Waals surface area (Å²) in [5, 5.41) is 3.48. The molecule has 0 spiro atoms. The minimum absolute atomic E-state index is 0.0546. The maximum absolute atomic E-state index is 12.0. The molecule has 1 N–H and O–H groups in total. The second-order valence-electron chi connectivity index (χ2n) is 5.78. The quantitative estimate of drug-likeness (QED) is 0.864. The third kappa shape index (κ3) is 3.29. The minimum atomic E-state index is -0.373. The summed E-state index contributed by atoms with van der Waals surface area (Å²) in [4.78, 5) is 13.7. The van der Waals surface area contributed by atoms with Crippen molar-refractivity contribution in [3.05, 3.63) is 23.8 Å². The lowest BCUT2D eigenvalue weighted by atomic mass is 10.1. The molecule has 1 atom stereocenters. The van der Waals surface area contributed by atoms with Crippen molar-refractivity contribution in [3.63, 3.8) is 0 Å². The Balaban J connectivity index is 1.74. The molecule has 1 heterocycles. The van der Waals surface area contributed by atoms with Gasteiger partial charge in [0, 0.05) is 44.2 Å². The first kappa shape index (κ1) is 14.2. The molecule has 1 amide bonds. The largest absolute Gasteiger partial charge is 0.497 e. The van der Waals surface area contributed by atoms with Crippen molar-refractivity contribution in [1.29, 1.82) is 0 Å². The summed E-state index contributed by atoms with van der Waals surface area (Å²) in [5.41, 5.74) is 1.07. The van der Waals surface area contributed by atoms with E-state index in [1.165, 1.54) is 12.8 Å². The molecule has 0 radical (unpaired) electrons. The number of nitrogens with one attached hydrogen (secondary N) is 1. The Kier molecular flexibility index (Phi) is 4.01. The van der Waals surface area contributed by atoms with Gasteiger partial charge in [-0.25, -0.2) is 0 Å². The van der Waals surface area contributed by atoms with Crippen molar-refractivity contribution >= 4 is 5.91 Å². The molecule has 5 heteroatoms. The fraction of sp³-hybridized carbons (Fsp3) is 0.562. The standard InChI is InChI=1S/C16H22N2O3/c1-18-8-7-14(16(18)19)21-15-9-13(20-2)6-3-11(15)10-17-12-4-5-12/h3,6,9,12,14,17H,4-5,7-8,10H2,1-2H3. The highest BCUT2D eigenvalue weighted by atomic mass is 16.5. The van der Waals surface area contributed by atoms with Crippen LogP contribution in [0.2, 0.25) is 0 Å². The van der Waals surface area contributed by atoms with Crippen molar-refractivity contribution in [2.24, 2.45) is 0 Å². The van der Waals surface area contributed by atoms with Crippen LogP contribution in [0, 0.1) is 0 Å². The van der Waals surface area contributed by atoms with Gasteiger partial charge in [0.2, 0.25) is 0 Å². The summed E-state index contributed by atoms with van der Waals surface area (Å²) in [5.74, 6) is 1.55. The second kappa shape index (κ2) is 5.93. The fourth-order valence-corrected chi connectivity index (χ4v) is 2.51. The first-order valence-corrected chi connectivity index (χ1v) is 7.49. The van der Waals surface area contributed by atoms with Gasteiger partial charge >= 0.3 is 0 Å². The average molecular weight is 290 g/mol. The maximum atomic E-state index is 12.0. The molecular weight excluding hydrogens is 268 g/mol. The number of amides is 1. The van der Waals surface area contributed by atoms with E-state index in [2.05, 4.69) is 5.32 Å². The lowest BCUT2D eigenvalue weighted by molar-refractivity contribution is -0.132. The first-order valence-electron chi connectivity index (χ1n) is 7.49. The van der Waals surface area contributed by atoms with Crippen LogP contribution in [0.3, 0.4) is 0 Å². The van der Waals surface area contributed by atoms with E-state index in [1.807, 2.05) is 25.2 Å². The maximum Gasteiger partial charge on any atom is 0.263 e. The number of hydrogen-bond donors (Lipinski definition) is 1. The van der Waals surface area contributed by atoms with Crippen LogP contribution in [0.15, 0.2) is 18.2 Å². The minimum Gasteiger partial charge on any atom is -0.497 e. The molecule has 0 aromatic heterocycles. The number of carbonyl (C=O) groups excluding carboxylic acids is 1. The number of nitrogens with zero attached hydrogens (tertiary/aromatic N) is 1. The van der Waals surface area contributed by atoms with Crippen molar-refractivity contribution in [2.45, 2.75) is 38.0 Å². The summed E-state index contributed by atoms with van der Waals surface area (Å²) in [7, 11) is 3.45. The number of benzene rings is 1. The highest BCUT2D eigenvalue weighted by Crippen LogP contribution is 2.29. The van der Waals surface area contributed by atoms with Gasteiger partial charge in [-0.05, 0) is 18.9 Å². The zero-order valence-corrected chi connectivity index (χ0v) is 12.6. The van der Waals surface area contributed by atoms with Crippen LogP contribution in [0.4, 0.5) is 0 Å². The Morgan fingerprint density at radius 3 is 2.76 bits per heavy atom. The summed E-state index contributed by atoms with van der Waals surface area (Å²) < 4.78 is 11.2. The summed E-state index contributed by atoms with van der Waals surface area (Å²) in [6, 6.07) is 6.45. The van der Waals surface area contributed by atoms with Crippen LogP contribution in [-0.2, 0) is 11.3 Å². The van der Waals surface area contributed by atoms with Gasteiger partial charge in [-0.1, -0.05) is 6.07 Å². The van der Waals surface area contributed by atoms with Gasteiger partial charge in [0.05, 0.1) is 7.11 Å². The van der Waals surface area contributed by atoms with E-state index in [0.29, 0.717) is 6.04 Å². The highest BCUT2D eigenvalue weighted by Gasteiger charge is 2.31. The molecule has 2 aliphatic rings. The molecule has 21 heavy (non-hydrogen) atoms. The Hall–Kier alpha value is -1.75. The van der Waals surface area contributed by atoms with Crippen LogP contribution >= 0.6 is 0 Å². The molecule has 1 saturated carbocycles. The molecule has 1 aliphatic heterocycles.